The molecule has 3 fully saturated rings. The van der Waals surface area contributed by atoms with Crippen LogP contribution in [0.15, 0.2) is 49.6 Å². The molecule has 3 unspecified atom stereocenters. The number of alkyl halides is 1. The van der Waals surface area contributed by atoms with Gasteiger partial charge in [0.2, 0.25) is 5.91 Å². The van der Waals surface area contributed by atoms with Gasteiger partial charge in [0, 0.05) is 22.3 Å². The molecule has 3 aliphatic rings. The summed E-state index contributed by atoms with van der Waals surface area (Å²) in [6.45, 7) is 11.9. The van der Waals surface area contributed by atoms with Gasteiger partial charge in [-0.05, 0) is 55.9 Å². The molecule has 8 nitrogen and oxygen atoms in total. The van der Waals surface area contributed by atoms with Gasteiger partial charge in [-0.1, -0.05) is 41.9 Å². The van der Waals surface area contributed by atoms with Crippen LogP contribution in [0.25, 0.3) is 0 Å². The lowest BCUT2D eigenvalue weighted by molar-refractivity contribution is -0.154. The molecule has 0 aliphatic carbocycles. The van der Waals surface area contributed by atoms with Crippen LogP contribution in [-0.4, -0.2) is 81.6 Å². The third kappa shape index (κ3) is 5.84. The molecular formula is C31H41BrN2O6S. The van der Waals surface area contributed by atoms with Crippen molar-refractivity contribution in [3.05, 3.63) is 49.6 Å². The summed E-state index contributed by atoms with van der Waals surface area (Å²) >= 11 is 5.36. The number of benzene rings is 1. The summed E-state index contributed by atoms with van der Waals surface area (Å²) in [6, 6.07) is 5.77. The van der Waals surface area contributed by atoms with Gasteiger partial charge in [0.05, 0.1) is 42.9 Å². The number of thioether (sulfide) groups is 1. The second kappa shape index (κ2) is 13.3. The maximum Gasteiger partial charge on any atom is 0.310 e. The third-order valence-electron chi connectivity index (χ3n) is 8.34. The number of carbonyl (C=O) groups is 3. The summed E-state index contributed by atoms with van der Waals surface area (Å²) in [5.74, 6) is -1.45. The molecule has 1 N–H and O–H groups in total. The number of carbonyl (C=O) groups excluding carboxylic acids is 3. The number of likely N-dealkylation sites (tertiary alicyclic amines) is 1. The predicted molar refractivity (Wildman–Crippen MR) is 165 cm³/mol. The minimum Gasteiger partial charge on any atom is -0.497 e. The van der Waals surface area contributed by atoms with E-state index in [1.165, 1.54) is 0 Å². The average molecular weight is 650 g/mol. The summed E-state index contributed by atoms with van der Waals surface area (Å²) in [6.07, 6.45) is 5.91. The highest BCUT2D eigenvalue weighted by Gasteiger charge is 2.76. The molecule has 7 atom stereocenters. The number of ether oxygens (including phenoxy) is 2. The van der Waals surface area contributed by atoms with Crippen molar-refractivity contribution in [2.24, 2.45) is 17.8 Å². The molecule has 3 heterocycles. The van der Waals surface area contributed by atoms with Gasteiger partial charge >= 0.3 is 5.97 Å². The van der Waals surface area contributed by atoms with Gasteiger partial charge < -0.3 is 24.4 Å². The number of esters is 1. The summed E-state index contributed by atoms with van der Waals surface area (Å²) in [4.78, 5) is 45.9. The van der Waals surface area contributed by atoms with Crippen LogP contribution in [-0.2, 0) is 19.1 Å². The van der Waals surface area contributed by atoms with Crippen LogP contribution in [0.1, 0.15) is 39.5 Å². The van der Waals surface area contributed by atoms with Gasteiger partial charge in [-0.3, -0.25) is 14.4 Å². The number of fused-ring (bicyclic) bond motifs is 1. The van der Waals surface area contributed by atoms with Gasteiger partial charge in [0.25, 0.3) is 5.91 Å². The summed E-state index contributed by atoms with van der Waals surface area (Å²) in [5.41, 5.74) is 0.651. The highest BCUT2D eigenvalue weighted by Crippen LogP contribution is 2.68. The van der Waals surface area contributed by atoms with E-state index >= 15 is 0 Å². The Bertz CT molecular complexity index is 1150. The Labute approximate surface area is 255 Å². The maximum atomic E-state index is 14.7. The Balaban J connectivity index is 1.78. The van der Waals surface area contributed by atoms with E-state index in [2.05, 4.69) is 29.1 Å². The first-order chi connectivity index (χ1) is 19.6. The minimum absolute atomic E-state index is 0.0657. The highest BCUT2D eigenvalue weighted by atomic mass is 79.9. The molecule has 1 spiro atoms. The first kappa shape index (κ1) is 31.6. The van der Waals surface area contributed by atoms with Gasteiger partial charge in [-0.2, -0.15) is 0 Å². The van der Waals surface area contributed by atoms with E-state index in [0.717, 1.165) is 6.42 Å². The van der Waals surface area contributed by atoms with Gasteiger partial charge in [0.1, 0.15) is 11.8 Å². The van der Waals surface area contributed by atoms with Crippen molar-refractivity contribution in [2.45, 2.75) is 66.4 Å². The van der Waals surface area contributed by atoms with Crippen molar-refractivity contribution < 1.29 is 29.0 Å². The van der Waals surface area contributed by atoms with Crippen LogP contribution in [0.5, 0.6) is 5.75 Å². The maximum absolute atomic E-state index is 14.7. The molecule has 1 aromatic rings. The Morgan fingerprint density at radius 3 is 2.56 bits per heavy atom. The fourth-order valence-corrected chi connectivity index (χ4v) is 10.3. The van der Waals surface area contributed by atoms with Crippen molar-refractivity contribution in [2.75, 3.05) is 31.8 Å². The number of hydrogen-bond donors (Lipinski definition) is 1. The number of methoxy groups -OCH3 is 1. The van der Waals surface area contributed by atoms with E-state index in [1.54, 1.807) is 53.0 Å². The summed E-state index contributed by atoms with van der Waals surface area (Å²) in [5, 5.41) is 10.3. The van der Waals surface area contributed by atoms with E-state index in [9.17, 15) is 19.5 Å². The Morgan fingerprint density at radius 2 is 1.98 bits per heavy atom. The predicted octanol–water partition coefficient (Wildman–Crippen LogP) is 4.60. The number of allylic oxidation sites excluding steroid dienone is 1. The minimum atomic E-state index is -0.869. The lowest BCUT2D eigenvalue weighted by Crippen LogP contribution is -2.58. The zero-order chi connectivity index (χ0) is 29.9. The topological polar surface area (TPSA) is 96.4 Å². The van der Waals surface area contributed by atoms with Crippen molar-refractivity contribution >= 4 is 51.2 Å². The first-order valence-electron chi connectivity index (χ1n) is 14.2. The average Bonchev–Trinajstić information content (AvgIpc) is 3.55. The van der Waals surface area contributed by atoms with Crippen molar-refractivity contribution in [1.29, 1.82) is 0 Å². The van der Waals surface area contributed by atoms with Crippen LogP contribution in [0.4, 0.5) is 5.69 Å². The molecule has 3 saturated heterocycles. The van der Waals surface area contributed by atoms with E-state index in [-0.39, 0.29) is 47.6 Å². The fourth-order valence-electron chi connectivity index (χ4n) is 6.69. The molecule has 4 rings (SSSR count). The number of unbranched alkanes of at least 4 members (excludes halogenated alkanes) is 1. The number of halogens is 1. The van der Waals surface area contributed by atoms with Crippen LogP contribution in [0, 0.1) is 17.8 Å². The third-order valence-corrected chi connectivity index (χ3v) is 11.6. The fraction of sp³-hybridized carbons (Fsp3) is 0.581. The molecule has 224 valence electrons. The van der Waals surface area contributed by atoms with Crippen LogP contribution < -0.4 is 9.64 Å². The van der Waals surface area contributed by atoms with Crippen LogP contribution in [0.3, 0.4) is 0 Å². The molecule has 0 radical (unpaired) electrons. The molecule has 0 saturated carbocycles. The SMILES string of the molecule is C=CCCCOC(=O)[C@H]1[C@H]2C(=O)N([C@@H](CO)CC(C)C)C(C(=O)N(CC=C)c3ccc(OC)cc3)C23CC(Br)[C@@H]1S3. The zero-order valence-electron chi connectivity index (χ0n) is 24.0. The van der Waals surface area contributed by atoms with Crippen molar-refractivity contribution in [3.63, 3.8) is 0 Å². The van der Waals surface area contributed by atoms with Crippen molar-refractivity contribution in [1.82, 2.24) is 4.90 Å². The molecule has 1 aromatic carbocycles. The van der Waals surface area contributed by atoms with Crippen LogP contribution in [0.2, 0.25) is 0 Å². The first-order valence-corrected chi connectivity index (χ1v) is 16.0. The molecule has 2 amide bonds. The number of hydrogen-bond acceptors (Lipinski definition) is 7. The second-order valence-electron chi connectivity index (χ2n) is 11.4. The highest BCUT2D eigenvalue weighted by molar-refractivity contribution is 9.09. The monoisotopic (exact) mass is 648 g/mol. The zero-order valence-corrected chi connectivity index (χ0v) is 26.4. The smallest absolute Gasteiger partial charge is 0.310 e. The van der Waals surface area contributed by atoms with E-state index in [4.69, 9.17) is 9.47 Å². The van der Waals surface area contributed by atoms with Crippen molar-refractivity contribution in [3.8, 4) is 5.75 Å². The van der Waals surface area contributed by atoms with Gasteiger partial charge in [0.15, 0.2) is 0 Å². The standard InChI is InChI=1S/C31H41BrN2O6S/c1-6-8-9-15-40-30(38)24-25-28(36)34(21(18-35)16-19(3)4)27(31(25)17-23(32)26(24)41-31)29(37)33(14-7-2)20-10-12-22(39-5)13-11-20/h6-7,10-13,19,21,23-27,35H,1-2,8-9,14-18H2,3-5H3/t21-,23?,24+,25+,26+,27?,31?/m1/s1. The normalized spacial score (nSPS) is 28.9. The molecule has 10 heteroatoms. The largest absolute Gasteiger partial charge is 0.497 e. The quantitative estimate of drug-likeness (QED) is 0.136. The Kier molecular flexibility index (Phi) is 10.3. The Hall–Kier alpha value is -2.30. The second-order valence-corrected chi connectivity index (χ2v) is 14.1. The molecular weight excluding hydrogens is 608 g/mol. The van der Waals surface area contributed by atoms with E-state index in [1.807, 2.05) is 26.0 Å². The van der Waals surface area contributed by atoms with E-state index in [0.29, 0.717) is 30.7 Å². The number of nitrogens with zero attached hydrogens (tertiary/aromatic N) is 2. The molecule has 2 bridgehead atoms. The molecule has 3 aliphatic heterocycles. The van der Waals surface area contributed by atoms with Crippen LogP contribution >= 0.6 is 27.7 Å². The summed E-state index contributed by atoms with van der Waals surface area (Å²) < 4.78 is 10.1. The van der Waals surface area contributed by atoms with Gasteiger partial charge in [-0.25, -0.2) is 0 Å². The number of aliphatic hydroxyl groups excluding tert-OH is 1. The number of anilines is 1. The Morgan fingerprint density at radius 1 is 1.27 bits per heavy atom. The van der Waals surface area contributed by atoms with Gasteiger partial charge in [-0.15, -0.1) is 24.9 Å². The van der Waals surface area contributed by atoms with E-state index < -0.39 is 34.6 Å². The number of amides is 2. The summed E-state index contributed by atoms with van der Waals surface area (Å²) in [7, 11) is 1.58. The lowest BCUT2D eigenvalue weighted by Gasteiger charge is -2.40. The number of rotatable bonds is 14. The molecule has 0 aromatic heterocycles. The molecule has 41 heavy (non-hydrogen) atoms. The number of aliphatic hydroxyl groups is 1. The lowest BCUT2D eigenvalue weighted by atomic mass is 9.71.